The Morgan fingerprint density at radius 2 is 1.45 bits per heavy atom. The summed E-state index contributed by atoms with van der Waals surface area (Å²) in [4.78, 5) is 12.5. The van der Waals surface area contributed by atoms with Crippen molar-refractivity contribution < 1.29 is 106 Å². The molecule has 2 aliphatic heterocycles. The van der Waals surface area contributed by atoms with Gasteiger partial charge < -0.3 is 14.7 Å². The predicted molar refractivity (Wildman–Crippen MR) is 280 cm³/mol. The third-order valence-corrected chi connectivity index (χ3v) is 16.9. The fourth-order valence-electron chi connectivity index (χ4n) is 9.63. The van der Waals surface area contributed by atoms with Crippen LogP contribution >= 0.6 is 36.1 Å². The SMILES string of the molecule is CC1(C)C(/C=C/C(=C/C=C2/N(CCCS(=O)(=O)O)c3ccc4c(S(=O)(=O)O)cc(SOOO)cc4c3C2(C)C)c2cc(F)cc(OCC(=O)O)c2)=[N+](CCCSOOO)c2ccc3c(SOOO)cc(S(=O)(=O)O)cc3c21. The molecule has 30 heteroatoms. The number of carbonyl (C=O) groups is 1. The molecule has 23 nitrogen and oxygen atoms in total. The van der Waals surface area contributed by atoms with Crippen LogP contribution in [0.5, 0.6) is 5.75 Å². The van der Waals surface area contributed by atoms with Crippen molar-refractivity contribution in [2.24, 2.45) is 0 Å². The lowest BCUT2D eigenvalue weighted by Gasteiger charge is -2.27. The highest BCUT2D eigenvalue weighted by atomic mass is 32.2. The molecule has 5 aromatic rings. The quantitative estimate of drug-likeness (QED) is 0.00544. The van der Waals surface area contributed by atoms with Gasteiger partial charge in [0.2, 0.25) is 5.69 Å². The molecule has 0 fully saturated rings. The Kier molecular flexibility index (Phi) is 18.7. The number of anilines is 1. The van der Waals surface area contributed by atoms with Crippen LogP contribution in [0.1, 0.15) is 57.2 Å². The molecule has 2 aliphatic rings. The lowest BCUT2D eigenvalue weighted by molar-refractivity contribution is -0.438. The van der Waals surface area contributed by atoms with Gasteiger partial charge in [0.1, 0.15) is 23.0 Å². The summed E-state index contributed by atoms with van der Waals surface area (Å²) in [7, 11) is -14.2. The number of ether oxygens (including phenoxy) is 1. The van der Waals surface area contributed by atoms with Crippen LogP contribution in [0.3, 0.4) is 0 Å². The molecule has 77 heavy (non-hydrogen) atoms. The molecule has 7 rings (SSSR count). The van der Waals surface area contributed by atoms with Crippen LogP contribution in [0.15, 0.2) is 116 Å². The molecule has 0 aromatic heterocycles. The molecule has 0 saturated heterocycles. The van der Waals surface area contributed by atoms with E-state index in [1.807, 2.05) is 18.4 Å². The molecule has 0 radical (unpaired) electrons. The van der Waals surface area contributed by atoms with E-state index in [-0.39, 0.29) is 57.0 Å². The number of hydrogen-bond donors (Lipinski definition) is 7. The fourth-order valence-corrected chi connectivity index (χ4v) is 12.9. The zero-order valence-corrected chi connectivity index (χ0v) is 45.6. The molecule has 414 valence electrons. The third-order valence-electron chi connectivity index (χ3n) is 12.6. The highest BCUT2D eigenvalue weighted by Gasteiger charge is 2.46. The number of nitrogens with zero attached hydrogens (tertiary/aromatic N) is 2. The first-order valence-corrected chi connectivity index (χ1v) is 29.3. The van der Waals surface area contributed by atoms with E-state index in [1.54, 1.807) is 61.3 Å². The second-order valence-electron chi connectivity index (χ2n) is 18.1. The molecule has 0 saturated carbocycles. The number of aliphatic carboxylic acids is 1. The number of benzene rings is 5. The highest BCUT2D eigenvalue weighted by Crippen LogP contribution is 2.53. The van der Waals surface area contributed by atoms with Crippen molar-refractivity contribution in [2.75, 3.05) is 36.1 Å². The maximum atomic E-state index is 15.7. The van der Waals surface area contributed by atoms with Gasteiger partial charge in [-0.1, -0.05) is 41.1 Å². The Bertz CT molecular complexity index is 3610. The summed E-state index contributed by atoms with van der Waals surface area (Å²) in [6, 6.07) is 15.1. The number of carboxylic acid groups (broad SMARTS) is 1. The van der Waals surface area contributed by atoms with Crippen LogP contribution in [0.25, 0.3) is 27.1 Å². The largest absolute Gasteiger partial charge is 0.482 e. The van der Waals surface area contributed by atoms with Crippen LogP contribution in [-0.2, 0) is 74.1 Å². The minimum atomic E-state index is -4.90. The normalized spacial score (nSPS) is 16.1. The van der Waals surface area contributed by atoms with E-state index < -0.39 is 75.1 Å². The smallest absolute Gasteiger partial charge is 0.341 e. The van der Waals surface area contributed by atoms with Gasteiger partial charge in [0, 0.05) is 86.5 Å². The summed E-state index contributed by atoms with van der Waals surface area (Å²) in [5, 5.41) is 48.6. The molecule has 0 amide bonds. The van der Waals surface area contributed by atoms with E-state index in [0.29, 0.717) is 80.9 Å². The van der Waals surface area contributed by atoms with E-state index >= 15 is 4.39 Å². The van der Waals surface area contributed by atoms with E-state index in [0.717, 1.165) is 30.2 Å². The van der Waals surface area contributed by atoms with Gasteiger partial charge >= 0.3 is 5.97 Å². The molecule has 0 spiro atoms. The number of hydrogen-bond acceptors (Lipinski definition) is 21. The summed E-state index contributed by atoms with van der Waals surface area (Å²) in [6.07, 6.45) is 6.90. The maximum absolute atomic E-state index is 15.7. The average molecular weight is 1190 g/mol. The Morgan fingerprint density at radius 1 is 0.766 bits per heavy atom. The molecule has 0 bridgehead atoms. The molecule has 5 aromatic carbocycles. The van der Waals surface area contributed by atoms with Crippen molar-refractivity contribution >= 4 is 117 Å². The first-order valence-electron chi connectivity index (χ1n) is 22.4. The summed E-state index contributed by atoms with van der Waals surface area (Å²) in [5.74, 6) is -2.67. The molecule has 0 atom stereocenters. The third kappa shape index (κ3) is 13.5. The Labute approximate surface area is 452 Å². The van der Waals surface area contributed by atoms with Crippen LogP contribution in [-0.4, -0.2) is 107 Å². The van der Waals surface area contributed by atoms with Gasteiger partial charge in [-0.2, -0.15) is 29.8 Å². The molecule has 2 heterocycles. The topological polar surface area (TPSA) is 332 Å². The van der Waals surface area contributed by atoms with E-state index in [9.17, 15) is 48.8 Å². The summed E-state index contributed by atoms with van der Waals surface area (Å²) < 4.78 is 142. The Hall–Kier alpha value is -5.07. The highest BCUT2D eigenvalue weighted by molar-refractivity contribution is 7.95. The van der Waals surface area contributed by atoms with Gasteiger partial charge in [-0.3, -0.25) is 13.7 Å². The molecule has 0 aliphatic carbocycles. The first-order chi connectivity index (χ1) is 36.2. The fraction of sp³-hybridized carbons (Fsp3) is 0.277. The minimum Gasteiger partial charge on any atom is -0.482 e. The Morgan fingerprint density at radius 3 is 2.12 bits per heavy atom. The number of halogens is 1. The second kappa shape index (κ2) is 24.1. The van der Waals surface area contributed by atoms with Gasteiger partial charge in [0.05, 0.1) is 40.1 Å². The van der Waals surface area contributed by atoms with E-state index in [2.05, 4.69) is 23.8 Å². The molecule has 0 unspecified atom stereocenters. The molecule has 7 N–H and O–H groups in total. The van der Waals surface area contributed by atoms with Gasteiger partial charge in [-0.05, 0) is 114 Å². The molecular formula is C47H48FN2O21S6+. The standard InChI is InChI=1S/C47H47FN2O21S6/c1-46(2)42(50(16-6-18-75(56,57)58)38-12-10-34-35(44(38)46)22-31(73-70-67-54)23-40(34)77(62,63)64)14-8-27(28-19-29(48)21-30(20-28)65-26-43(51)52)7-13-41-47(3,4)45-36-24-32(76(59,60)61)25-39(74-71-68-55)33(36)9-11-37(45)49(41)15-5-17-72-69-66-53/h7-14,19-25H,5-6,15-18,26H2,1-4H3,(H6-,51,52,53,54,55,56,57,58,59,60,61,62,63,64)/p+1. The van der Waals surface area contributed by atoms with Crippen molar-refractivity contribution in [3.63, 3.8) is 0 Å². The van der Waals surface area contributed by atoms with Gasteiger partial charge in [-0.15, -0.1) is 13.0 Å². The zero-order chi connectivity index (χ0) is 56.3. The second-order valence-corrected chi connectivity index (χ2v) is 24.8. The summed E-state index contributed by atoms with van der Waals surface area (Å²) in [5.41, 5.74) is 1.38. The lowest BCUT2D eigenvalue weighted by atomic mass is 9.79. The summed E-state index contributed by atoms with van der Waals surface area (Å²) >= 11 is 1.72. The minimum absolute atomic E-state index is 0.0412. The van der Waals surface area contributed by atoms with E-state index in [1.165, 1.54) is 30.3 Å². The van der Waals surface area contributed by atoms with Gasteiger partial charge in [-0.25, -0.2) is 25.0 Å². The maximum Gasteiger partial charge on any atom is 0.341 e. The van der Waals surface area contributed by atoms with Crippen molar-refractivity contribution in [3.8, 4) is 5.75 Å². The van der Waals surface area contributed by atoms with Gasteiger partial charge in [0.15, 0.2) is 12.3 Å². The monoisotopic (exact) mass is 1190 g/mol. The van der Waals surface area contributed by atoms with Crippen LogP contribution < -0.4 is 9.64 Å². The van der Waals surface area contributed by atoms with Crippen LogP contribution in [0, 0.1) is 5.82 Å². The van der Waals surface area contributed by atoms with Gasteiger partial charge in [0.25, 0.3) is 30.4 Å². The van der Waals surface area contributed by atoms with Crippen molar-refractivity contribution in [1.29, 1.82) is 0 Å². The number of fused-ring (bicyclic) bond motifs is 6. The number of carboxylic acids is 1. The number of allylic oxidation sites excluding steroid dienone is 6. The Balaban J connectivity index is 1.48. The van der Waals surface area contributed by atoms with Crippen molar-refractivity contribution in [2.45, 2.75) is 70.9 Å². The van der Waals surface area contributed by atoms with E-state index in [4.69, 9.17) is 24.8 Å². The summed E-state index contributed by atoms with van der Waals surface area (Å²) in [6.45, 7) is 6.67. The van der Waals surface area contributed by atoms with Crippen molar-refractivity contribution in [3.05, 3.63) is 119 Å². The lowest BCUT2D eigenvalue weighted by Crippen LogP contribution is -2.28. The van der Waals surface area contributed by atoms with Crippen LogP contribution in [0.2, 0.25) is 0 Å². The van der Waals surface area contributed by atoms with Crippen LogP contribution in [0.4, 0.5) is 15.8 Å². The average Bonchev–Trinajstić information content (AvgIpc) is 3.87. The predicted octanol–water partition coefficient (Wildman–Crippen LogP) is 9.38. The zero-order valence-electron chi connectivity index (χ0n) is 40.7. The van der Waals surface area contributed by atoms with Crippen molar-refractivity contribution in [1.82, 2.24) is 0 Å². The first kappa shape index (κ1) is 59.6. The number of rotatable bonds is 25. The molecular weight excluding hydrogens is 1140 g/mol.